The molecule has 0 atom stereocenters. The third-order valence-electron chi connectivity index (χ3n) is 1.95. The van der Waals surface area contributed by atoms with Gasteiger partial charge in [0.25, 0.3) is 0 Å². The van der Waals surface area contributed by atoms with Crippen LogP contribution < -0.4 is 0 Å². The number of methoxy groups -OCH3 is 1. The van der Waals surface area contributed by atoms with Crippen molar-refractivity contribution in [1.82, 2.24) is 9.94 Å². The molecule has 5 nitrogen and oxygen atoms in total. The molecule has 0 aliphatic carbocycles. The van der Waals surface area contributed by atoms with Crippen molar-refractivity contribution in [1.29, 1.82) is 0 Å². The molecule has 0 saturated heterocycles. The van der Waals surface area contributed by atoms with E-state index in [1.807, 2.05) is 0 Å². The summed E-state index contributed by atoms with van der Waals surface area (Å²) in [5, 5.41) is 13.6. The van der Waals surface area contributed by atoms with E-state index in [1.54, 1.807) is 24.3 Å². The number of carbonyl (C=O) groups excluding carboxylic acids is 1. The van der Waals surface area contributed by atoms with Crippen LogP contribution in [0.25, 0.3) is 10.9 Å². The number of aromatic nitrogens is 2. The van der Waals surface area contributed by atoms with Crippen LogP contribution in [0.3, 0.4) is 0 Å². The van der Waals surface area contributed by atoms with E-state index >= 15 is 0 Å². The molecule has 0 aliphatic heterocycles. The van der Waals surface area contributed by atoms with E-state index in [0.29, 0.717) is 15.7 Å². The minimum atomic E-state index is -0.561. The van der Waals surface area contributed by atoms with Crippen LogP contribution in [0.15, 0.2) is 24.3 Å². The topological polar surface area (TPSA) is 64.3 Å². The summed E-state index contributed by atoms with van der Waals surface area (Å²) < 4.78 is 4.53. The second-order valence-corrected chi connectivity index (χ2v) is 2.75. The number of hydrogen-bond acceptors (Lipinski definition) is 4. The highest BCUT2D eigenvalue weighted by Gasteiger charge is 2.16. The molecule has 0 aliphatic rings. The van der Waals surface area contributed by atoms with Gasteiger partial charge in [-0.25, -0.2) is 4.79 Å². The van der Waals surface area contributed by atoms with Crippen molar-refractivity contribution in [3.8, 4) is 0 Å². The van der Waals surface area contributed by atoms with Crippen LogP contribution in [0, 0.1) is 0 Å². The van der Waals surface area contributed by atoms with Gasteiger partial charge in [0.2, 0.25) is 0 Å². The Morgan fingerprint density at radius 1 is 1.50 bits per heavy atom. The monoisotopic (exact) mass is 192 g/mol. The van der Waals surface area contributed by atoms with Gasteiger partial charge in [0.1, 0.15) is 5.52 Å². The first-order valence-electron chi connectivity index (χ1n) is 3.99. The first-order chi connectivity index (χ1) is 6.74. The minimum Gasteiger partial charge on any atom is -0.464 e. The average molecular weight is 192 g/mol. The standard InChI is InChI=1S/C9H8N2O3/c1-14-9(12)8-6-4-2-3-5-7(6)11(13)10-8/h2-5,13H,1H3. The van der Waals surface area contributed by atoms with Crippen LogP contribution in [0.4, 0.5) is 0 Å². The summed E-state index contributed by atoms with van der Waals surface area (Å²) in [6.07, 6.45) is 0. The number of ether oxygens (including phenoxy) is 1. The summed E-state index contributed by atoms with van der Waals surface area (Å²) in [6.45, 7) is 0. The summed E-state index contributed by atoms with van der Waals surface area (Å²) in [6, 6.07) is 6.87. The zero-order valence-corrected chi connectivity index (χ0v) is 7.47. The van der Waals surface area contributed by atoms with E-state index in [0.717, 1.165) is 0 Å². The molecular formula is C9H8N2O3. The number of carbonyl (C=O) groups is 1. The lowest BCUT2D eigenvalue weighted by Crippen LogP contribution is -2.03. The largest absolute Gasteiger partial charge is 0.464 e. The smallest absolute Gasteiger partial charge is 0.359 e. The molecule has 2 rings (SSSR count). The lowest BCUT2D eigenvalue weighted by atomic mass is 10.2. The third-order valence-corrected chi connectivity index (χ3v) is 1.95. The Balaban J connectivity index is 2.72. The van der Waals surface area contributed by atoms with Crippen LogP contribution in [0.2, 0.25) is 0 Å². The molecular weight excluding hydrogens is 184 g/mol. The Bertz CT molecular complexity index is 490. The Labute approximate surface area is 79.5 Å². The van der Waals surface area contributed by atoms with Gasteiger partial charge in [0.05, 0.1) is 7.11 Å². The van der Waals surface area contributed by atoms with Gasteiger partial charge in [-0.1, -0.05) is 18.2 Å². The molecule has 0 fully saturated rings. The van der Waals surface area contributed by atoms with Crippen molar-refractivity contribution in [3.63, 3.8) is 0 Å². The molecule has 1 aromatic heterocycles. The van der Waals surface area contributed by atoms with Crippen molar-refractivity contribution in [2.75, 3.05) is 7.11 Å². The molecule has 1 heterocycles. The third kappa shape index (κ3) is 1.10. The highest BCUT2D eigenvalue weighted by molar-refractivity contribution is 6.01. The molecule has 0 unspecified atom stereocenters. The molecule has 1 N–H and O–H groups in total. The summed E-state index contributed by atoms with van der Waals surface area (Å²) >= 11 is 0. The first kappa shape index (κ1) is 8.55. The molecule has 0 spiro atoms. The summed E-state index contributed by atoms with van der Waals surface area (Å²) in [5.74, 6) is -0.561. The number of nitrogens with zero attached hydrogens (tertiary/aromatic N) is 2. The number of esters is 1. The van der Waals surface area contributed by atoms with Gasteiger partial charge in [-0.15, -0.1) is 9.94 Å². The van der Waals surface area contributed by atoms with Gasteiger partial charge in [-0.3, -0.25) is 0 Å². The van der Waals surface area contributed by atoms with E-state index in [1.165, 1.54) is 7.11 Å². The second kappa shape index (κ2) is 3.02. The van der Waals surface area contributed by atoms with Gasteiger partial charge in [0.15, 0.2) is 5.69 Å². The van der Waals surface area contributed by atoms with Crippen LogP contribution in [-0.4, -0.2) is 28.2 Å². The van der Waals surface area contributed by atoms with Crippen molar-refractivity contribution in [3.05, 3.63) is 30.0 Å². The summed E-state index contributed by atoms with van der Waals surface area (Å²) in [5.41, 5.74) is 0.596. The highest BCUT2D eigenvalue weighted by atomic mass is 16.5. The zero-order valence-electron chi connectivity index (χ0n) is 7.47. The molecule has 0 amide bonds. The van der Waals surface area contributed by atoms with E-state index in [2.05, 4.69) is 9.84 Å². The maximum atomic E-state index is 11.2. The normalized spacial score (nSPS) is 10.4. The second-order valence-electron chi connectivity index (χ2n) is 2.75. The molecule has 1 aromatic carbocycles. The quantitative estimate of drug-likeness (QED) is 0.542. The van der Waals surface area contributed by atoms with Gasteiger partial charge in [-0.2, -0.15) is 0 Å². The molecule has 0 radical (unpaired) electrons. The lowest BCUT2D eigenvalue weighted by Gasteiger charge is -1.92. The SMILES string of the molecule is COC(=O)c1nn(O)c2ccccc12. The Hall–Kier alpha value is -2.04. The Kier molecular flexibility index (Phi) is 1.85. The van der Waals surface area contributed by atoms with Gasteiger partial charge in [-0.05, 0) is 6.07 Å². The molecule has 72 valence electrons. The van der Waals surface area contributed by atoms with Crippen molar-refractivity contribution < 1.29 is 14.7 Å². The fourth-order valence-corrected chi connectivity index (χ4v) is 1.30. The fraction of sp³-hybridized carbons (Fsp3) is 0.111. The van der Waals surface area contributed by atoms with Crippen LogP contribution in [0.1, 0.15) is 10.5 Å². The van der Waals surface area contributed by atoms with E-state index < -0.39 is 5.97 Å². The fourth-order valence-electron chi connectivity index (χ4n) is 1.30. The van der Waals surface area contributed by atoms with E-state index in [-0.39, 0.29) is 5.69 Å². The van der Waals surface area contributed by atoms with E-state index in [9.17, 15) is 10.0 Å². The molecule has 2 aromatic rings. The number of rotatable bonds is 1. The summed E-state index contributed by atoms with van der Waals surface area (Å²) in [7, 11) is 1.27. The summed E-state index contributed by atoms with van der Waals surface area (Å²) in [4.78, 5) is 11.9. The maximum absolute atomic E-state index is 11.2. The predicted molar refractivity (Wildman–Crippen MR) is 48.3 cm³/mol. The van der Waals surface area contributed by atoms with Gasteiger partial charge in [0, 0.05) is 5.39 Å². The Morgan fingerprint density at radius 3 is 2.93 bits per heavy atom. The van der Waals surface area contributed by atoms with Crippen LogP contribution >= 0.6 is 0 Å². The molecule has 14 heavy (non-hydrogen) atoms. The molecule has 0 bridgehead atoms. The Morgan fingerprint density at radius 2 is 2.21 bits per heavy atom. The number of hydrogen-bond donors (Lipinski definition) is 1. The van der Waals surface area contributed by atoms with Gasteiger partial charge < -0.3 is 9.94 Å². The van der Waals surface area contributed by atoms with Crippen molar-refractivity contribution in [2.45, 2.75) is 0 Å². The first-order valence-corrected chi connectivity index (χ1v) is 3.99. The molecule has 5 heteroatoms. The van der Waals surface area contributed by atoms with Crippen LogP contribution in [0.5, 0.6) is 0 Å². The zero-order chi connectivity index (χ0) is 10.1. The number of fused-ring (bicyclic) bond motifs is 1. The highest BCUT2D eigenvalue weighted by Crippen LogP contribution is 2.17. The van der Waals surface area contributed by atoms with Crippen LogP contribution in [-0.2, 0) is 4.74 Å². The predicted octanol–water partition coefficient (Wildman–Crippen LogP) is 1.06. The van der Waals surface area contributed by atoms with Crippen molar-refractivity contribution >= 4 is 16.9 Å². The number of para-hydroxylation sites is 1. The number of benzene rings is 1. The minimum absolute atomic E-state index is 0.116. The maximum Gasteiger partial charge on any atom is 0.359 e. The van der Waals surface area contributed by atoms with Gasteiger partial charge >= 0.3 is 5.97 Å². The van der Waals surface area contributed by atoms with E-state index in [4.69, 9.17) is 0 Å². The lowest BCUT2D eigenvalue weighted by molar-refractivity contribution is 0.0586. The van der Waals surface area contributed by atoms with Crippen molar-refractivity contribution in [2.24, 2.45) is 0 Å². The average Bonchev–Trinajstić information content (AvgIpc) is 2.56. The molecule has 0 saturated carbocycles.